The number of aromatic amines is 1. The van der Waals surface area contributed by atoms with E-state index >= 15 is 0 Å². The number of imidazole rings is 1. The SMILES string of the molecule is COCCN(C)C(=O)c1cc(-c2cccc3ccccc23)cn1C(c1cnc[nH]1)[C@@H](C)c1ccccc1. The molecule has 0 saturated heterocycles. The molecule has 3 aromatic carbocycles. The Hall–Kier alpha value is -4.16. The molecule has 6 heteroatoms. The minimum atomic E-state index is -0.164. The summed E-state index contributed by atoms with van der Waals surface area (Å²) < 4.78 is 7.36. The van der Waals surface area contributed by atoms with Crippen LogP contribution in [0.4, 0.5) is 0 Å². The van der Waals surface area contributed by atoms with Crippen LogP contribution in [0.15, 0.2) is 97.6 Å². The summed E-state index contributed by atoms with van der Waals surface area (Å²) in [5.74, 6) is 0.0264. The Kier molecular flexibility index (Phi) is 7.19. The smallest absolute Gasteiger partial charge is 0.270 e. The van der Waals surface area contributed by atoms with Gasteiger partial charge < -0.3 is 19.2 Å². The van der Waals surface area contributed by atoms with Crippen molar-refractivity contribution in [3.05, 3.63) is 115 Å². The Morgan fingerprint density at radius 3 is 2.57 bits per heavy atom. The van der Waals surface area contributed by atoms with Crippen molar-refractivity contribution >= 4 is 16.7 Å². The topological polar surface area (TPSA) is 63.1 Å². The van der Waals surface area contributed by atoms with Gasteiger partial charge in [-0.2, -0.15) is 0 Å². The fraction of sp³-hybridized carbons (Fsp3) is 0.226. The van der Waals surface area contributed by atoms with Crippen LogP contribution in [0.1, 0.15) is 40.6 Å². The first-order chi connectivity index (χ1) is 18.1. The molecule has 0 bridgehead atoms. The minimum Gasteiger partial charge on any atom is -0.383 e. The minimum absolute atomic E-state index is 0.0479. The van der Waals surface area contributed by atoms with Gasteiger partial charge in [-0.05, 0) is 28.0 Å². The summed E-state index contributed by atoms with van der Waals surface area (Å²) >= 11 is 0. The van der Waals surface area contributed by atoms with E-state index in [4.69, 9.17) is 4.74 Å². The van der Waals surface area contributed by atoms with Crippen LogP contribution >= 0.6 is 0 Å². The Balaban J connectivity index is 1.69. The molecule has 0 aliphatic carbocycles. The highest BCUT2D eigenvalue weighted by Gasteiger charge is 2.29. The monoisotopic (exact) mass is 492 g/mol. The molecule has 2 aromatic heterocycles. The van der Waals surface area contributed by atoms with Crippen molar-refractivity contribution in [2.24, 2.45) is 0 Å². The zero-order valence-corrected chi connectivity index (χ0v) is 21.5. The van der Waals surface area contributed by atoms with Gasteiger partial charge in [-0.1, -0.05) is 79.7 Å². The Morgan fingerprint density at radius 1 is 1.05 bits per heavy atom. The molecule has 6 nitrogen and oxygen atoms in total. The zero-order valence-electron chi connectivity index (χ0n) is 21.5. The quantitative estimate of drug-likeness (QED) is 0.269. The lowest BCUT2D eigenvalue weighted by atomic mass is 9.91. The predicted octanol–water partition coefficient (Wildman–Crippen LogP) is 6.14. The number of nitrogens with zero attached hydrogens (tertiary/aromatic N) is 3. The molecule has 5 rings (SSSR count). The van der Waals surface area contributed by atoms with Crippen molar-refractivity contribution in [3.63, 3.8) is 0 Å². The Labute approximate surface area is 217 Å². The van der Waals surface area contributed by atoms with Crippen LogP contribution < -0.4 is 0 Å². The van der Waals surface area contributed by atoms with E-state index in [1.165, 1.54) is 10.9 Å². The summed E-state index contributed by atoms with van der Waals surface area (Å²) in [7, 11) is 3.47. The maximum absolute atomic E-state index is 13.8. The summed E-state index contributed by atoms with van der Waals surface area (Å²) in [4.78, 5) is 23.2. The van der Waals surface area contributed by atoms with Gasteiger partial charge in [-0.25, -0.2) is 4.98 Å². The Bertz CT molecular complexity index is 1470. The zero-order chi connectivity index (χ0) is 25.8. The first-order valence-electron chi connectivity index (χ1n) is 12.6. The number of methoxy groups -OCH3 is 1. The number of H-pyrrole nitrogens is 1. The highest BCUT2D eigenvalue weighted by Crippen LogP contribution is 2.38. The molecule has 0 aliphatic rings. The molecule has 5 aromatic rings. The third-order valence-corrected chi connectivity index (χ3v) is 7.08. The fourth-order valence-electron chi connectivity index (χ4n) is 5.06. The van der Waals surface area contributed by atoms with Gasteiger partial charge >= 0.3 is 0 Å². The van der Waals surface area contributed by atoms with Gasteiger partial charge in [0.1, 0.15) is 5.69 Å². The van der Waals surface area contributed by atoms with E-state index in [1.54, 1.807) is 18.3 Å². The summed E-state index contributed by atoms with van der Waals surface area (Å²) in [6.45, 7) is 3.18. The van der Waals surface area contributed by atoms with Crippen LogP contribution in [0.5, 0.6) is 0 Å². The molecule has 37 heavy (non-hydrogen) atoms. The molecule has 0 saturated carbocycles. The normalized spacial score (nSPS) is 12.9. The van der Waals surface area contributed by atoms with Gasteiger partial charge in [0.25, 0.3) is 5.91 Å². The summed E-state index contributed by atoms with van der Waals surface area (Å²) in [6, 6.07) is 26.9. The second-order valence-corrected chi connectivity index (χ2v) is 9.42. The highest BCUT2D eigenvalue weighted by atomic mass is 16.5. The lowest BCUT2D eigenvalue weighted by Crippen LogP contribution is -2.32. The number of carbonyl (C=O) groups is 1. The van der Waals surface area contributed by atoms with Crippen LogP contribution in [0.3, 0.4) is 0 Å². The van der Waals surface area contributed by atoms with Gasteiger partial charge in [-0.3, -0.25) is 4.79 Å². The van der Waals surface area contributed by atoms with Crippen LogP contribution in [-0.2, 0) is 4.74 Å². The third-order valence-electron chi connectivity index (χ3n) is 7.08. The molecule has 0 aliphatic heterocycles. The van der Waals surface area contributed by atoms with Crippen LogP contribution in [0.2, 0.25) is 0 Å². The largest absolute Gasteiger partial charge is 0.383 e. The molecule has 0 spiro atoms. The Morgan fingerprint density at radius 2 is 1.81 bits per heavy atom. The number of ether oxygens (including phenoxy) is 1. The van der Waals surface area contributed by atoms with Crippen molar-refractivity contribution in [2.45, 2.75) is 18.9 Å². The number of aromatic nitrogens is 3. The number of carbonyl (C=O) groups excluding carboxylic acids is 1. The number of hydrogen-bond donors (Lipinski definition) is 1. The number of likely N-dealkylation sites (N-methyl/N-ethyl adjacent to an activating group) is 1. The number of amides is 1. The van der Waals surface area contributed by atoms with E-state index in [2.05, 4.69) is 88.3 Å². The highest BCUT2D eigenvalue weighted by molar-refractivity contribution is 5.99. The second-order valence-electron chi connectivity index (χ2n) is 9.42. The molecule has 2 heterocycles. The van der Waals surface area contributed by atoms with E-state index in [1.807, 2.05) is 31.4 Å². The van der Waals surface area contributed by atoms with Crippen LogP contribution in [-0.4, -0.2) is 52.7 Å². The number of benzene rings is 3. The molecule has 0 fully saturated rings. The van der Waals surface area contributed by atoms with Gasteiger partial charge in [0, 0.05) is 38.4 Å². The summed E-state index contributed by atoms with van der Waals surface area (Å²) in [5.41, 5.74) is 4.87. The lowest BCUT2D eigenvalue weighted by Gasteiger charge is -2.28. The van der Waals surface area contributed by atoms with E-state index in [0.29, 0.717) is 18.8 Å². The average Bonchev–Trinajstić information content (AvgIpc) is 3.63. The molecular weight excluding hydrogens is 460 g/mol. The second kappa shape index (κ2) is 10.8. The summed E-state index contributed by atoms with van der Waals surface area (Å²) in [6.07, 6.45) is 5.66. The van der Waals surface area contributed by atoms with E-state index < -0.39 is 0 Å². The van der Waals surface area contributed by atoms with Crippen molar-refractivity contribution in [1.82, 2.24) is 19.4 Å². The standard InChI is InChI=1S/C31H32N4O2/c1-22(23-10-5-4-6-11-23)30(28-19-32-21-33-28)35-20-25(18-29(35)31(36)34(2)16-17-37-3)27-15-9-13-24-12-7-8-14-26(24)27/h4-15,18-22,30H,16-17H2,1-3H3,(H,32,33)/t22-,30?/m0/s1. The molecule has 2 atom stereocenters. The van der Waals surface area contributed by atoms with Gasteiger partial charge in [-0.15, -0.1) is 0 Å². The van der Waals surface area contributed by atoms with Crippen molar-refractivity contribution in [2.75, 3.05) is 27.3 Å². The van der Waals surface area contributed by atoms with Gasteiger partial charge in [0.2, 0.25) is 0 Å². The van der Waals surface area contributed by atoms with E-state index in [9.17, 15) is 4.79 Å². The number of hydrogen-bond acceptors (Lipinski definition) is 3. The molecule has 188 valence electrons. The number of nitrogens with one attached hydrogen (secondary N) is 1. The maximum atomic E-state index is 13.8. The van der Waals surface area contributed by atoms with Crippen molar-refractivity contribution in [1.29, 1.82) is 0 Å². The van der Waals surface area contributed by atoms with Crippen LogP contribution in [0.25, 0.3) is 21.9 Å². The first-order valence-corrected chi connectivity index (χ1v) is 12.6. The molecule has 1 amide bonds. The molecule has 0 radical (unpaired) electrons. The van der Waals surface area contributed by atoms with Crippen molar-refractivity contribution < 1.29 is 9.53 Å². The molecule has 1 unspecified atom stereocenters. The van der Waals surface area contributed by atoms with Gasteiger partial charge in [0.05, 0.1) is 30.9 Å². The molecule has 1 N–H and O–H groups in total. The van der Waals surface area contributed by atoms with E-state index in [0.717, 1.165) is 22.2 Å². The molecular formula is C31H32N4O2. The third kappa shape index (κ3) is 4.93. The van der Waals surface area contributed by atoms with Gasteiger partial charge in [0.15, 0.2) is 0 Å². The van der Waals surface area contributed by atoms with E-state index in [-0.39, 0.29) is 17.9 Å². The van der Waals surface area contributed by atoms with Crippen LogP contribution in [0, 0.1) is 0 Å². The number of rotatable bonds is 9. The first kappa shape index (κ1) is 24.5. The predicted molar refractivity (Wildman–Crippen MR) is 148 cm³/mol. The average molecular weight is 493 g/mol. The summed E-state index contributed by atoms with van der Waals surface area (Å²) in [5, 5.41) is 2.32. The number of fused-ring (bicyclic) bond motifs is 1. The fourth-order valence-corrected chi connectivity index (χ4v) is 5.06. The lowest BCUT2D eigenvalue weighted by molar-refractivity contribution is 0.0732. The maximum Gasteiger partial charge on any atom is 0.270 e. The van der Waals surface area contributed by atoms with Crippen molar-refractivity contribution in [3.8, 4) is 11.1 Å².